The first-order valence-electron chi connectivity index (χ1n) is 8.40. The highest BCUT2D eigenvalue weighted by Crippen LogP contribution is 2.25. The second-order valence-electron chi connectivity index (χ2n) is 7.29. The molecule has 1 amide bonds. The Morgan fingerprint density at radius 2 is 2.00 bits per heavy atom. The van der Waals surface area contributed by atoms with E-state index in [2.05, 4.69) is 6.07 Å². The van der Waals surface area contributed by atoms with Crippen LogP contribution in [-0.4, -0.2) is 36.3 Å². The van der Waals surface area contributed by atoms with Gasteiger partial charge in [-0.1, -0.05) is 12.1 Å². The summed E-state index contributed by atoms with van der Waals surface area (Å²) in [4.78, 5) is 13.8. The molecule has 0 N–H and O–H groups in total. The third kappa shape index (κ3) is 4.89. The fourth-order valence-corrected chi connectivity index (χ4v) is 2.74. The maximum Gasteiger partial charge on any atom is 0.410 e. The van der Waals surface area contributed by atoms with Gasteiger partial charge in [0.25, 0.3) is 0 Å². The molecule has 1 fully saturated rings. The molecule has 1 aliphatic heterocycles. The van der Waals surface area contributed by atoms with E-state index in [9.17, 15) is 10.1 Å². The number of carbonyl (C=O) groups excluding carboxylic acids is 1. The molecule has 0 unspecified atom stereocenters. The molecule has 5 nitrogen and oxygen atoms in total. The first-order valence-corrected chi connectivity index (χ1v) is 8.40. The van der Waals surface area contributed by atoms with Gasteiger partial charge >= 0.3 is 6.09 Å². The second-order valence-corrected chi connectivity index (χ2v) is 7.29. The lowest BCUT2D eigenvalue weighted by atomic mass is 9.98. The fraction of sp³-hybridized carbons (Fsp3) is 0.579. The van der Waals surface area contributed by atoms with E-state index in [-0.39, 0.29) is 6.09 Å². The minimum Gasteiger partial charge on any atom is -0.492 e. The van der Waals surface area contributed by atoms with Crippen LogP contribution in [0.1, 0.15) is 44.7 Å². The van der Waals surface area contributed by atoms with Gasteiger partial charge in [-0.25, -0.2) is 4.79 Å². The number of piperidine rings is 1. The van der Waals surface area contributed by atoms with Gasteiger partial charge in [0.2, 0.25) is 0 Å². The van der Waals surface area contributed by atoms with Crippen molar-refractivity contribution in [2.75, 3.05) is 19.7 Å². The van der Waals surface area contributed by atoms with E-state index >= 15 is 0 Å². The number of amides is 1. The largest absolute Gasteiger partial charge is 0.492 e. The van der Waals surface area contributed by atoms with Crippen molar-refractivity contribution in [2.45, 2.75) is 46.1 Å². The minimum absolute atomic E-state index is 0.243. The maximum absolute atomic E-state index is 12.1. The molecule has 1 aromatic rings. The monoisotopic (exact) mass is 330 g/mol. The Bertz CT molecular complexity index is 620. The van der Waals surface area contributed by atoms with Gasteiger partial charge in [-0.3, -0.25) is 0 Å². The summed E-state index contributed by atoms with van der Waals surface area (Å²) in [5, 5.41) is 9.18. The smallest absolute Gasteiger partial charge is 0.410 e. The zero-order valence-electron chi connectivity index (χ0n) is 15.0. The molecule has 0 radical (unpaired) electrons. The van der Waals surface area contributed by atoms with Gasteiger partial charge in [-0.15, -0.1) is 0 Å². The predicted octanol–water partition coefficient (Wildman–Crippen LogP) is 3.89. The summed E-state index contributed by atoms with van der Waals surface area (Å²) in [6.45, 7) is 9.51. The van der Waals surface area contributed by atoms with Crippen molar-refractivity contribution >= 4 is 6.09 Å². The van der Waals surface area contributed by atoms with Crippen LogP contribution in [0.2, 0.25) is 0 Å². The summed E-state index contributed by atoms with van der Waals surface area (Å²) in [5.74, 6) is 1.06. The Kier molecular flexibility index (Phi) is 5.71. The van der Waals surface area contributed by atoms with E-state index in [1.54, 1.807) is 11.0 Å². The van der Waals surface area contributed by atoms with Gasteiger partial charge < -0.3 is 14.4 Å². The molecule has 0 spiro atoms. The number of hydrogen-bond acceptors (Lipinski definition) is 4. The molecule has 0 aromatic heterocycles. The van der Waals surface area contributed by atoms with Crippen LogP contribution in [0.5, 0.6) is 5.75 Å². The molecular formula is C19H26N2O3. The molecule has 0 aliphatic carbocycles. The maximum atomic E-state index is 12.1. The van der Waals surface area contributed by atoms with Crippen molar-refractivity contribution in [3.63, 3.8) is 0 Å². The zero-order valence-corrected chi connectivity index (χ0v) is 15.0. The average Bonchev–Trinajstić information content (AvgIpc) is 2.52. The molecule has 0 atom stereocenters. The van der Waals surface area contributed by atoms with Gasteiger partial charge in [0.1, 0.15) is 17.4 Å². The van der Waals surface area contributed by atoms with Gasteiger partial charge in [0.15, 0.2) is 0 Å². The van der Waals surface area contributed by atoms with E-state index in [1.807, 2.05) is 39.8 Å². The van der Waals surface area contributed by atoms with Crippen molar-refractivity contribution in [3.05, 3.63) is 29.3 Å². The van der Waals surface area contributed by atoms with Gasteiger partial charge in [-0.2, -0.15) is 5.26 Å². The lowest BCUT2D eigenvalue weighted by Crippen LogP contribution is -2.42. The summed E-state index contributed by atoms with van der Waals surface area (Å²) in [7, 11) is 0. The van der Waals surface area contributed by atoms with Crippen LogP contribution >= 0.6 is 0 Å². The third-order valence-corrected chi connectivity index (χ3v) is 4.06. The number of benzene rings is 1. The molecule has 1 heterocycles. The van der Waals surface area contributed by atoms with Crippen molar-refractivity contribution in [2.24, 2.45) is 5.92 Å². The number of carbonyl (C=O) groups is 1. The van der Waals surface area contributed by atoms with Crippen molar-refractivity contribution in [1.29, 1.82) is 5.26 Å². The average molecular weight is 330 g/mol. The molecule has 5 heteroatoms. The van der Waals surface area contributed by atoms with Crippen LogP contribution in [0.3, 0.4) is 0 Å². The number of para-hydroxylation sites is 1. The molecule has 1 saturated heterocycles. The fourth-order valence-electron chi connectivity index (χ4n) is 2.74. The van der Waals surface area contributed by atoms with Gasteiger partial charge in [-0.05, 0) is 58.1 Å². The lowest BCUT2D eigenvalue weighted by molar-refractivity contribution is 0.0165. The lowest BCUT2D eigenvalue weighted by Gasteiger charge is -2.33. The number of ether oxygens (including phenoxy) is 2. The highest BCUT2D eigenvalue weighted by molar-refractivity contribution is 5.68. The summed E-state index contributed by atoms with van der Waals surface area (Å²) in [5.41, 5.74) is 1.08. The van der Waals surface area contributed by atoms with Crippen molar-refractivity contribution in [3.8, 4) is 11.8 Å². The van der Waals surface area contributed by atoms with Crippen molar-refractivity contribution < 1.29 is 14.3 Å². The van der Waals surface area contributed by atoms with Crippen LogP contribution in [0, 0.1) is 24.2 Å². The highest BCUT2D eigenvalue weighted by atomic mass is 16.6. The summed E-state index contributed by atoms with van der Waals surface area (Å²) >= 11 is 0. The number of rotatable bonds is 3. The number of nitriles is 1. The van der Waals surface area contributed by atoms with Gasteiger partial charge in [0, 0.05) is 13.1 Å². The van der Waals surface area contributed by atoms with E-state index in [0.717, 1.165) is 18.4 Å². The SMILES string of the molecule is Cc1cccc(C#N)c1OCC1CCN(C(=O)OC(C)(C)C)CC1. The Balaban J connectivity index is 1.84. The molecule has 24 heavy (non-hydrogen) atoms. The zero-order chi connectivity index (χ0) is 17.7. The number of aryl methyl sites for hydroxylation is 1. The summed E-state index contributed by atoms with van der Waals surface area (Å²) in [6.07, 6.45) is 1.52. The van der Waals surface area contributed by atoms with Crippen molar-refractivity contribution in [1.82, 2.24) is 4.90 Å². The number of nitrogens with zero attached hydrogens (tertiary/aromatic N) is 2. The quantitative estimate of drug-likeness (QED) is 0.843. The van der Waals surface area contributed by atoms with Crippen LogP contribution in [0.25, 0.3) is 0 Å². The summed E-state index contributed by atoms with van der Waals surface area (Å²) in [6, 6.07) is 7.75. The third-order valence-electron chi connectivity index (χ3n) is 4.06. The molecule has 0 bridgehead atoms. The molecule has 1 aliphatic rings. The number of hydrogen-bond donors (Lipinski definition) is 0. The van der Waals surface area contributed by atoms with Crippen LogP contribution in [0.15, 0.2) is 18.2 Å². The van der Waals surface area contributed by atoms with E-state index in [4.69, 9.17) is 9.47 Å². The number of likely N-dealkylation sites (tertiary alicyclic amines) is 1. The van der Waals surface area contributed by atoms with E-state index in [0.29, 0.717) is 36.9 Å². The Hall–Kier alpha value is -2.22. The molecule has 1 aromatic carbocycles. The topological polar surface area (TPSA) is 62.6 Å². The predicted molar refractivity (Wildman–Crippen MR) is 91.9 cm³/mol. The minimum atomic E-state index is -0.463. The first kappa shape index (κ1) is 18.1. The Morgan fingerprint density at radius 3 is 2.58 bits per heavy atom. The van der Waals surface area contributed by atoms with Gasteiger partial charge in [0.05, 0.1) is 12.2 Å². The van der Waals surface area contributed by atoms with Crippen LogP contribution in [-0.2, 0) is 4.74 Å². The molecule has 0 saturated carbocycles. The standard InChI is InChI=1S/C19H26N2O3/c1-14-6-5-7-16(12-20)17(14)23-13-15-8-10-21(11-9-15)18(22)24-19(2,3)4/h5-7,15H,8-11,13H2,1-4H3. The van der Waals surface area contributed by atoms with E-state index < -0.39 is 5.60 Å². The van der Waals surface area contributed by atoms with Crippen LogP contribution < -0.4 is 4.74 Å². The Labute approximate surface area is 144 Å². The normalized spacial score (nSPS) is 15.7. The molecule has 130 valence electrons. The summed E-state index contributed by atoms with van der Waals surface area (Å²) < 4.78 is 11.3. The van der Waals surface area contributed by atoms with Crippen LogP contribution in [0.4, 0.5) is 4.79 Å². The Morgan fingerprint density at radius 1 is 1.33 bits per heavy atom. The second kappa shape index (κ2) is 7.57. The van der Waals surface area contributed by atoms with E-state index in [1.165, 1.54) is 0 Å². The first-order chi connectivity index (χ1) is 11.3. The highest BCUT2D eigenvalue weighted by Gasteiger charge is 2.27. The molecule has 2 rings (SSSR count). The molecular weight excluding hydrogens is 304 g/mol.